The van der Waals surface area contributed by atoms with E-state index in [1.807, 2.05) is 30.0 Å². The minimum absolute atomic E-state index is 0.192. The first-order valence-electron chi connectivity index (χ1n) is 9.78. The molecule has 6 nitrogen and oxygen atoms in total. The fourth-order valence-corrected chi connectivity index (χ4v) is 4.59. The number of amides is 2. The number of rotatable bonds is 3. The lowest BCUT2D eigenvalue weighted by molar-refractivity contribution is -0.141. The smallest absolute Gasteiger partial charge is 0.326 e. The number of hydrogen-bond acceptors (Lipinski definition) is 3. The minimum Gasteiger partial charge on any atom is -0.480 e. The number of aryl methyl sites for hydroxylation is 1. The summed E-state index contributed by atoms with van der Waals surface area (Å²) in [6.07, 6.45) is 4.02. The maximum absolute atomic E-state index is 13.0. The molecular formula is C21H26N2O4. The third kappa shape index (κ3) is 3.45. The summed E-state index contributed by atoms with van der Waals surface area (Å²) in [7, 11) is 0. The van der Waals surface area contributed by atoms with Crippen LogP contribution >= 0.6 is 0 Å². The molecule has 2 amide bonds. The molecule has 144 valence electrons. The van der Waals surface area contributed by atoms with Gasteiger partial charge in [-0.1, -0.05) is 17.7 Å². The van der Waals surface area contributed by atoms with E-state index in [9.17, 15) is 19.5 Å². The van der Waals surface area contributed by atoms with Gasteiger partial charge in [-0.05, 0) is 56.6 Å². The molecule has 2 aliphatic heterocycles. The van der Waals surface area contributed by atoms with Crippen molar-refractivity contribution in [1.29, 1.82) is 0 Å². The van der Waals surface area contributed by atoms with Crippen molar-refractivity contribution in [2.75, 3.05) is 19.6 Å². The second-order valence-corrected chi connectivity index (χ2v) is 8.46. The van der Waals surface area contributed by atoms with Crippen LogP contribution in [0.4, 0.5) is 0 Å². The van der Waals surface area contributed by atoms with Gasteiger partial charge in [-0.3, -0.25) is 9.59 Å². The Balaban J connectivity index is 1.49. The quantitative estimate of drug-likeness (QED) is 0.886. The van der Waals surface area contributed by atoms with Crippen molar-refractivity contribution in [3.8, 4) is 0 Å². The first-order valence-corrected chi connectivity index (χ1v) is 9.78. The van der Waals surface area contributed by atoms with Crippen LogP contribution in [0.15, 0.2) is 24.3 Å². The Hall–Kier alpha value is -2.37. The number of benzene rings is 1. The number of carboxylic acid groups (broad SMARTS) is 1. The molecule has 2 heterocycles. The van der Waals surface area contributed by atoms with Gasteiger partial charge in [0.15, 0.2) is 0 Å². The molecule has 27 heavy (non-hydrogen) atoms. The highest BCUT2D eigenvalue weighted by atomic mass is 16.4. The summed E-state index contributed by atoms with van der Waals surface area (Å²) in [6, 6.07) is 6.51. The molecule has 1 aliphatic carbocycles. The Bertz CT molecular complexity index is 778. The molecule has 2 saturated heterocycles. The minimum atomic E-state index is -0.940. The van der Waals surface area contributed by atoms with Crippen LogP contribution in [0.1, 0.15) is 48.0 Å². The van der Waals surface area contributed by atoms with Crippen LogP contribution in [-0.2, 0) is 9.59 Å². The zero-order valence-electron chi connectivity index (χ0n) is 15.7. The molecular weight excluding hydrogens is 344 g/mol. The van der Waals surface area contributed by atoms with Gasteiger partial charge < -0.3 is 14.9 Å². The average molecular weight is 370 g/mol. The molecule has 6 heteroatoms. The van der Waals surface area contributed by atoms with Crippen LogP contribution in [0.3, 0.4) is 0 Å². The number of likely N-dealkylation sites (tertiary alicyclic amines) is 2. The topological polar surface area (TPSA) is 77.9 Å². The third-order valence-electron chi connectivity index (χ3n) is 6.38. The second-order valence-electron chi connectivity index (χ2n) is 8.46. The van der Waals surface area contributed by atoms with Crippen LogP contribution in [0.2, 0.25) is 0 Å². The first-order chi connectivity index (χ1) is 12.9. The molecule has 1 aromatic carbocycles. The zero-order valence-corrected chi connectivity index (χ0v) is 15.7. The monoisotopic (exact) mass is 370 g/mol. The lowest BCUT2D eigenvalue weighted by atomic mass is 9.76. The molecule has 4 rings (SSSR count). The fraction of sp³-hybridized carbons (Fsp3) is 0.571. The van der Waals surface area contributed by atoms with Crippen LogP contribution < -0.4 is 0 Å². The van der Waals surface area contributed by atoms with Crippen molar-refractivity contribution in [2.45, 2.75) is 45.1 Å². The average Bonchev–Trinajstić information content (AvgIpc) is 3.44. The summed E-state index contributed by atoms with van der Waals surface area (Å²) in [4.78, 5) is 40.6. The van der Waals surface area contributed by atoms with Gasteiger partial charge in [-0.25, -0.2) is 4.79 Å². The summed E-state index contributed by atoms with van der Waals surface area (Å²) >= 11 is 0. The predicted molar refractivity (Wildman–Crippen MR) is 99.2 cm³/mol. The summed E-state index contributed by atoms with van der Waals surface area (Å²) in [5, 5.41) is 9.71. The fourth-order valence-electron chi connectivity index (χ4n) is 4.59. The van der Waals surface area contributed by atoms with E-state index in [0.717, 1.165) is 31.2 Å². The maximum atomic E-state index is 13.0. The van der Waals surface area contributed by atoms with Gasteiger partial charge in [0.2, 0.25) is 5.91 Å². The summed E-state index contributed by atoms with van der Waals surface area (Å²) in [5.74, 6) is -0.678. The highest BCUT2D eigenvalue weighted by Gasteiger charge is 2.50. The predicted octanol–water partition coefficient (Wildman–Crippen LogP) is 2.31. The van der Waals surface area contributed by atoms with E-state index < -0.39 is 12.0 Å². The molecule has 3 aliphatic rings. The van der Waals surface area contributed by atoms with Crippen LogP contribution in [0.25, 0.3) is 0 Å². The Morgan fingerprint density at radius 1 is 1.15 bits per heavy atom. The van der Waals surface area contributed by atoms with Gasteiger partial charge in [-0.2, -0.15) is 0 Å². The SMILES string of the molecule is Cc1cccc(C(=O)N2CC3(CCN(C(=O)C4CC4)CC3)C[C@@H]2C(=O)O)c1. The van der Waals surface area contributed by atoms with Crippen molar-refractivity contribution in [3.05, 3.63) is 35.4 Å². The van der Waals surface area contributed by atoms with Crippen LogP contribution in [0, 0.1) is 18.3 Å². The number of carbonyl (C=O) groups excluding carboxylic acids is 2. The molecule has 1 saturated carbocycles. The molecule has 0 bridgehead atoms. The van der Waals surface area contributed by atoms with Crippen molar-refractivity contribution >= 4 is 17.8 Å². The molecule has 0 unspecified atom stereocenters. The van der Waals surface area contributed by atoms with Crippen molar-refractivity contribution < 1.29 is 19.5 Å². The normalized spacial score (nSPS) is 24.3. The van der Waals surface area contributed by atoms with E-state index in [0.29, 0.717) is 31.6 Å². The van der Waals surface area contributed by atoms with Crippen LogP contribution in [-0.4, -0.2) is 58.4 Å². The Morgan fingerprint density at radius 2 is 1.85 bits per heavy atom. The molecule has 3 fully saturated rings. The summed E-state index contributed by atoms with van der Waals surface area (Å²) < 4.78 is 0. The van der Waals surface area contributed by atoms with Crippen LogP contribution in [0.5, 0.6) is 0 Å². The van der Waals surface area contributed by atoms with Gasteiger partial charge >= 0.3 is 5.97 Å². The first kappa shape index (κ1) is 18.0. The van der Waals surface area contributed by atoms with E-state index in [2.05, 4.69) is 0 Å². The number of nitrogens with zero attached hydrogens (tertiary/aromatic N) is 2. The number of aliphatic carboxylic acids is 1. The number of piperidine rings is 1. The lowest BCUT2D eigenvalue weighted by Crippen LogP contribution is -2.45. The molecule has 1 spiro atoms. The van der Waals surface area contributed by atoms with Gasteiger partial charge in [0.25, 0.3) is 5.91 Å². The molecule has 1 atom stereocenters. The third-order valence-corrected chi connectivity index (χ3v) is 6.38. The zero-order chi connectivity index (χ0) is 19.2. The Morgan fingerprint density at radius 3 is 2.44 bits per heavy atom. The molecule has 1 N–H and O–H groups in total. The van der Waals surface area contributed by atoms with Gasteiger partial charge in [0.1, 0.15) is 6.04 Å². The van der Waals surface area contributed by atoms with Crippen molar-refractivity contribution in [3.63, 3.8) is 0 Å². The van der Waals surface area contributed by atoms with E-state index in [-0.39, 0.29) is 23.1 Å². The van der Waals surface area contributed by atoms with Gasteiger partial charge in [0.05, 0.1) is 0 Å². The summed E-state index contributed by atoms with van der Waals surface area (Å²) in [6.45, 7) is 3.73. The Labute approximate surface area is 159 Å². The van der Waals surface area contributed by atoms with Gasteiger partial charge in [0, 0.05) is 31.1 Å². The van der Waals surface area contributed by atoms with E-state index in [1.54, 1.807) is 6.07 Å². The largest absolute Gasteiger partial charge is 0.480 e. The van der Waals surface area contributed by atoms with E-state index in [1.165, 1.54) is 4.90 Å². The van der Waals surface area contributed by atoms with Gasteiger partial charge in [-0.15, -0.1) is 0 Å². The van der Waals surface area contributed by atoms with E-state index >= 15 is 0 Å². The lowest BCUT2D eigenvalue weighted by Gasteiger charge is -2.39. The maximum Gasteiger partial charge on any atom is 0.326 e. The highest BCUT2D eigenvalue weighted by Crippen LogP contribution is 2.45. The highest BCUT2D eigenvalue weighted by molar-refractivity contribution is 5.97. The molecule has 0 radical (unpaired) electrons. The van der Waals surface area contributed by atoms with Crippen molar-refractivity contribution in [1.82, 2.24) is 9.80 Å². The number of hydrogen-bond donors (Lipinski definition) is 1. The number of carboxylic acids is 1. The van der Waals surface area contributed by atoms with Crippen molar-refractivity contribution in [2.24, 2.45) is 11.3 Å². The standard InChI is InChI=1S/C21H26N2O4/c1-14-3-2-4-16(11-14)19(25)23-13-21(12-17(23)20(26)27)7-9-22(10-8-21)18(24)15-5-6-15/h2-4,11,15,17H,5-10,12-13H2,1H3,(H,26,27)/t17-/m1/s1. The molecule has 0 aromatic heterocycles. The Kier molecular flexibility index (Phi) is 4.44. The number of carbonyl (C=O) groups is 3. The second kappa shape index (κ2) is 6.66. The van der Waals surface area contributed by atoms with E-state index in [4.69, 9.17) is 0 Å². The summed E-state index contributed by atoms with van der Waals surface area (Å²) in [5.41, 5.74) is 1.33. The molecule has 1 aromatic rings.